The van der Waals surface area contributed by atoms with E-state index in [2.05, 4.69) is 21.3 Å². The van der Waals surface area contributed by atoms with Crippen molar-refractivity contribution < 1.29 is 19.2 Å². The highest BCUT2D eigenvalue weighted by Gasteiger charge is 2.07. The molecule has 0 rings (SSSR count). The van der Waals surface area contributed by atoms with E-state index in [4.69, 9.17) is 0 Å². The SMILES string of the molecule is O=CNC(CCCCCC(NC=O)NC=O)NC=O. The van der Waals surface area contributed by atoms with Gasteiger partial charge in [-0.05, 0) is 25.7 Å². The second-order valence-corrected chi connectivity index (χ2v) is 3.88. The minimum Gasteiger partial charge on any atom is -0.339 e. The number of unbranched alkanes of at least 4 members (excludes halogenated alkanes) is 2. The van der Waals surface area contributed by atoms with Gasteiger partial charge in [0.05, 0.1) is 0 Å². The van der Waals surface area contributed by atoms with Crippen LogP contribution in [0.15, 0.2) is 0 Å². The molecule has 0 spiro atoms. The first-order valence-electron chi connectivity index (χ1n) is 6.07. The van der Waals surface area contributed by atoms with Gasteiger partial charge in [0, 0.05) is 0 Å². The Morgan fingerprint density at radius 1 is 0.579 bits per heavy atom. The molecule has 0 aromatic rings. The number of nitrogens with one attached hydrogen (secondary N) is 4. The van der Waals surface area contributed by atoms with Gasteiger partial charge in [-0.3, -0.25) is 19.2 Å². The van der Waals surface area contributed by atoms with E-state index in [1.165, 1.54) is 0 Å². The summed E-state index contributed by atoms with van der Waals surface area (Å²) in [7, 11) is 0. The monoisotopic (exact) mass is 272 g/mol. The van der Waals surface area contributed by atoms with Gasteiger partial charge in [-0.1, -0.05) is 6.42 Å². The predicted molar refractivity (Wildman–Crippen MR) is 67.5 cm³/mol. The highest BCUT2D eigenvalue weighted by molar-refractivity contribution is 5.51. The van der Waals surface area contributed by atoms with Crippen LogP contribution in [0.5, 0.6) is 0 Å². The first-order valence-corrected chi connectivity index (χ1v) is 6.07. The minimum absolute atomic E-state index is 0.355. The lowest BCUT2D eigenvalue weighted by Crippen LogP contribution is -2.41. The summed E-state index contributed by atoms with van der Waals surface area (Å²) in [4.78, 5) is 41.0. The van der Waals surface area contributed by atoms with E-state index in [9.17, 15) is 19.2 Å². The lowest BCUT2D eigenvalue weighted by atomic mass is 10.1. The molecule has 8 heteroatoms. The normalized spacial score (nSPS) is 9.79. The molecule has 0 radical (unpaired) electrons. The second-order valence-electron chi connectivity index (χ2n) is 3.88. The highest BCUT2D eigenvalue weighted by Crippen LogP contribution is 2.05. The Labute approximate surface area is 111 Å². The van der Waals surface area contributed by atoms with Crippen molar-refractivity contribution >= 4 is 25.6 Å². The first-order chi connectivity index (χ1) is 9.28. The molecule has 4 amide bonds. The molecule has 108 valence electrons. The summed E-state index contributed by atoms with van der Waals surface area (Å²) in [5, 5.41) is 9.93. The average Bonchev–Trinajstić information content (AvgIpc) is 2.39. The summed E-state index contributed by atoms with van der Waals surface area (Å²) in [6.45, 7) is 0. The number of carbonyl (C=O) groups excluding carboxylic acids is 4. The van der Waals surface area contributed by atoms with Crippen LogP contribution in [0.25, 0.3) is 0 Å². The zero-order chi connectivity index (χ0) is 14.3. The van der Waals surface area contributed by atoms with Crippen molar-refractivity contribution in [3.05, 3.63) is 0 Å². The van der Waals surface area contributed by atoms with Crippen LogP contribution in [-0.2, 0) is 19.2 Å². The quantitative estimate of drug-likeness (QED) is 0.176. The Balaban J connectivity index is 3.70. The fourth-order valence-corrected chi connectivity index (χ4v) is 1.63. The first kappa shape index (κ1) is 16.9. The Bertz CT molecular complexity index is 229. The number of amides is 4. The van der Waals surface area contributed by atoms with Crippen LogP contribution < -0.4 is 21.3 Å². The molecule has 0 atom stereocenters. The Morgan fingerprint density at radius 2 is 0.895 bits per heavy atom. The van der Waals surface area contributed by atoms with Gasteiger partial charge >= 0.3 is 0 Å². The maximum atomic E-state index is 10.3. The average molecular weight is 272 g/mol. The third-order valence-electron chi connectivity index (χ3n) is 2.56. The van der Waals surface area contributed by atoms with E-state index in [1.807, 2.05) is 0 Å². The second kappa shape index (κ2) is 12.3. The smallest absolute Gasteiger partial charge is 0.208 e. The molecule has 0 aromatic carbocycles. The number of carbonyl (C=O) groups is 4. The van der Waals surface area contributed by atoms with Gasteiger partial charge < -0.3 is 21.3 Å². The van der Waals surface area contributed by atoms with Crippen molar-refractivity contribution in [2.75, 3.05) is 0 Å². The lowest BCUT2D eigenvalue weighted by molar-refractivity contribution is -0.113. The van der Waals surface area contributed by atoms with Crippen LogP contribution >= 0.6 is 0 Å². The van der Waals surface area contributed by atoms with E-state index in [1.54, 1.807) is 0 Å². The molecule has 19 heavy (non-hydrogen) atoms. The number of hydrogen-bond acceptors (Lipinski definition) is 4. The third kappa shape index (κ3) is 9.57. The standard InChI is InChI=1S/C11H20N4O4/c16-6-12-10(13-7-17)4-2-1-3-5-11(14-8-18)15-9-19/h6-11H,1-5H2,(H,12,16)(H,13,17)(H,14,18)(H,15,19). The Kier molecular flexibility index (Phi) is 11.0. The highest BCUT2D eigenvalue weighted by atomic mass is 16.1. The van der Waals surface area contributed by atoms with E-state index in [-0.39, 0.29) is 12.3 Å². The number of rotatable bonds is 14. The fourth-order valence-electron chi connectivity index (χ4n) is 1.63. The van der Waals surface area contributed by atoms with Crippen LogP contribution in [0, 0.1) is 0 Å². The minimum atomic E-state index is -0.355. The van der Waals surface area contributed by atoms with Crippen LogP contribution in [0.3, 0.4) is 0 Å². The summed E-state index contributed by atoms with van der Waals surface area (Å²) in [6, 6.07) is 0. The van der Waals surface area contributed by atoms with Crippen LogP contribution in [-0.4, -0.2) is 38.0 Å². The Morgan fingerprint density at radius 3 is 1.16 bits per heavy atom. The predicted octanol–water partition coefficient (Wildman–Crippen LogP) is -1.43. The van der Waals surface area contributed by atoms with Crippen LogP contribution in [0.4, 0.5) is 0 Å². The van der Waals surface area contributed by atoms with Gasteiger partial charge in [-0.25, -0.2) is 0 Å². The summed E-state index contributed by atoms with van der Waals surface area (Å²) in [6.07, 6.45) is 5.18. The summed E-state index contributed by atoms with van der Waals surface area (Å²) >= 11 is 0. The molecule has 4 N–H and O–H groups in total. The van der Waals surface area contributed by atoms with Crippen LogP contribution in [0.2, 0.25) is 0 Å². The molecule has 0 heterocycles. The van der Waals surface area contributed by atoms with Gasteiger partial charge in [0.1, 0.15) is 12.3 Å². The zero-order valence-corrected chi connectivity index (χ0v) is 10.6. The maximum Gasteiger partial charge on any atom is 0.208 e. The molecule has 0 aromatic heterocycles. The molecule has 0 aliphatic heterocycles. The summed E-state index contributed by atoms with van der Waals surface area (Å²) < 4.78 is 0. The van der Waals surface area contributed by atoms with Crippen molar-refractivity contribution in [1.82, 2.24) is 21.3 Å². The lowest BCUT2D eigenvalue weighted by Gasteiger charge is -2.16. The summed E-state index contributed by atoms with van der Waals surface area (Å²) in [5.74, 6) is 0. The van der Waals surface area contributed by atoms with Gasteiger partial charge in [0.25, 0.3) is 0 Å². The fraction of sp³-hybridized carbons (Fsp3) is 0.636. The largest absolute Gasteiger partial charge is 0.339 e. The molecular formula is C11H20N4O4. The molecule has 8 nitrogen and oxygen atoms in total. The molecule has 0 saturated heterocycles. The molecule has 0 aliphatic carbocycles. The van der Waals surface area contributed by atoms with Gasteiger partial charge in [-0.2, -0.15) is 0 Å². The van der Waals surface area contributed by atoms with Gasteiger partial charge in [0.15, 0.2) is 0 Å². The van der Waals surface area contributed by atoms with Gasteiger partial charge in [0.2, 0.25) is 25.6 Å². The third-order valence-corrected chi connectivity index (χ3v) is 2.56. The van der Waals surface area contributed by atoms with E-state index in [0.717, 1.165) is 19.3 Å². The maximum absolute atomic E-state index is 10.3. The molecular weight excluding hydrogens is 252 g/mol. The van der Waals surface area contributed by atoms with E-state index >= 15 is 0 Å². The summed E-state index contributed by atoms with van der Waals surface area (Å²) in [5.41, 5.74) is 0. The number of hydrogen-bond donors (Lipinski definition) is 4. The molecule has 0 fully saturated rings. The molecule has 0 aliphatic rings. The van der Waals surface area contributed by atoms with E-state index < -0.39 is 0 Å². The van der Waals surface area contributed by atoms with Crippen molar-refractivity contribution in [3.8, 4) is 0 Å². The van der Waals surface area contributed by atoms with Gasteiger partial charge in [-0.15, -0.1) is 0 Å². The van der Waals surface area contributed by atoms with E-state index in [0.29, 0.717) is 38.5 Å². The zero-order valence-electron chi connectivity index (χ0n) is 10.6. The van der Waals surface area contributed by atoms with Crippen molar-refractivity contribution in [2.24, 2.45) is 0 Å². The molecule has 0 saturated carbocycles. The van der Waals surface area contributed by atoms with Crippen molar-refractivity contribution in [2.45, 2.75) is 44.4 Å². The van der Waals surface area contributed by atoms with Crippen molar-refractivity contribution in [1.29, 1.82) is 0 Å². The topological polar surface area (TPSA) is 116 Å². The molecule has 0 bridgehead atoms. The van der Waals surface area contributed by atoms with Crippen LogP contribution in [0.1, 0.15) is 32.1 Å². The molecule has 0 unspecified atom stereocenters. The Hall–Kier alpha value is -2.12. The van der Waals surface area contributed by atoms with Crippen molar-refractivity contribution in [3.63, 3.8) is 0 Å².